The maximum absolute atomic E-state index is 12.2. The summed E-state index contributed by atoms with van der Waals surface area (Å²) in [6.07, 6.45) is -4.37. The monoisotopic (exact) mass is 427 g/mol. The number of halogens is 3. The SMILES string of the molecule is CCNC(=NCc1ccc(OCC(F)(F)F)cc1)NCC(C)(O)c1cc(C)oc1C. The molecule has 0 aliphatic heterocycles. The zero-order valence-electron chi connectivity index (χ0n) is 17.6. The van der Waals surface area contributed by atoms with Crippen LogP contribution in [-0.4, -0.2) is 36.9 Å². The zero-order chi connectivity index (χ0) is 22.4. The van der Waals surface area contributed by atoms with E-state index in [0.717, 1.165) is 11.3 Å². The second-order valence-electron chi connectivity index (χ2n) is 7.20. The number of aliphatic hydroxyl groups is 1. The number of furan rings is 1. The number of alkyl halides is 3. The van der Waals surface area contributed by atoms with Crippen LogP contribution in [0.2, 0.25) is 0 Å². The second-order valence-corrected chi connectivity index (χ2v) is 7.20. The van der Waals surface area contributed by atoms with Crippen molar-refractivity contribution in [1.29, 1.82) is 0 Å². The van der Waals surface area contributed by atoms with Gasteiger partial charge in [0.2, 0.25) is 0 Å². The standard InChI is InChI=1S/C21H28F3N3O3/c1-5-25-19(27-12-20(4,28)18-10-14(2)30-15(18)3)26-11-16-6-8-17(9-7-16)29-13-21(22,23)24/h6-10,28H,5,11-13H2,1-4H3,(H2,25,26,27). The molecule has 30 heavy (non-hydrogen) atoms. The molecule has 0 saturated heterocycles. The van der Waals surface area contributed by atoms with Crippen molar-refractivity contribution in [2.75, 3.05) is 19.7 Å². The van der Waals surface area contributed by atoms with E-state index in [0.29, 0.717) is 30.4 Å². The summed E-state index contributed by atoms with van der Waals surface area (Å²) in [7, 11) is 0. The van der Waals surface area contributed by atoms with Crippen LogP contribution >= 0.6 is 0 Å². The largest absolute Gasteiger partial charge is 0.484 e. The fourth-order valence-corrected chi connectivity index (χ4v) is 2.88. The van der Waals surface area contributed by atoms with Gasteiger partial charge in [0.05, 0.1) is 13.1 Å². The third kappa shape index (κ3) is 7.29. The van der Waals surface area contributed by atoms with Gasteiger partial charge in [-0.25, -0.2) is 4.99 Å². The van der Waals surface area contributed by atoms with Crippen LogP contribution in [-0.2, 0) is 12.1 Å². The summed E-state index contributed by atoms with van der Waals surface area (Å²) in [5, 5.41) is 17.0. The minimum atomic E-state index is -4.37. The molecular formula is C21H28F3N3O3. The lowest BCUT2D eigenvalue weighted by Crippen LogP contribution is -2.44. The van der Waals surface area contributed by atoms with Crippen molar-refractivity contribution in [3.8, 4) is 5.75 Å². The number of aryl methyl sites for hydroxylation is 2. The van der Waals surface area contributed by atoms with Crippen LogP contribution in [0, 0.1) is 13.8 Å². The Morgan fingerprint density at radius 1 is 1.17 bits per heavy atom. The molecule has 166 valence electrons. The molecule has 0 radical (unpaired) electrons. The predicted octanol–water partition coefficient (Wildman–Crippen LogP) is 3.80. The summed E-state index contributed by atoms with van der Waals surface area (Å²) < 4.78 is 46.8. The maximum atomic E-state index is 12.2. The van der Waals surface area contributed by atoms with Gasteiger partial charge < -0.3 is 24.9 Å². The van der Waals surface area contributed by atoms with Gasteiger partial charge in [0, 0.05) is 12.1 Å². The summed E-state index contributed by atoms with van der Waals surface area (Å²) in [6.45, 7) is 7.07. The third-order valence-electron chi connectivity index (χ3n) is 4.31. The zero-order valence-corrected chi connectivity index (χ0v) is 17.6. The molecule has 0 amide bonds. The van der Waals surface area contributed by atoms with Crippen LogP contribution in [0.1, 0.15) is 36.5 Å². The van der Waals surface area contributed by atoms with E-state index in [1.807, 2.05) is 19.9 Å². The van der Waals surface area contributed by atoms with Crippen LogP contribution in [0.3, 0.4) is 0 Å². The maximum Gasteiger partial charge on any atom is 0.422 e. The number of benzene rings is 1. The molecule has 1 aromatic heterocycles. The van der Waals surface area contributed by atoms with Gasteiger partial charge in [-0.15, -0.1) is 0 Å². The number of nitrogens with zero attached hydrogens (tertiary/aromatic N) is 1. The molecule has 3 N–H and O–H groups in total. The van der Waals surface area contributed by atoms with Gasteiger partial charge in [0.15, 0.2) is 12.6 Å². The first-order valence-electron chi connectivity index (χ1n) is 9.61. The van der Waals surface area contributed by atoms with Crippen LogP contribution in [0.4, 0.5) is 13.2 Å². The van der Waals surface area contributed by atoms with E-state index in [1.165, 1.54) is 12.1 Å². The molecule has 0 aliphatic carbocycles. The van der Waals surface area contributed by atoms with Crippen molar-refractivity contribution in [1.82, 2.24) is 10.6 Å². The van der Waals surface area contributed by atoms with E-state index < -0.39 is 18.4 Å². The first-order chi connectivity index (χ1) is 14.0. The molecule has 0 bridgehead atoms. The Bertz CT molecular complexity index is 843. The van der Waals surface area contributed by atoms with E-state index in [2.05, 4.69) is 15.6 Å². The van der Waals surface area contributed by atoms with E-state index in [4.69, 9.17) is 9.15 Å². The highest BCUT2D eigenvalue weighted by Gasteiger charge is 2.29. The highest BCUT2D eigenvalue weighted by molar-refractivity contribution is 5.79. The third-order valence-corrected chi connectivity index (χ3v) is 4.31. The minimum absolute atomic E-state index is 0.145. The summed E-state index contributed by atoms with van der Waals surface area (Å²) in [4.78, 5) is 4.46. The van der Waals surface area contributed by atoms with Gasteiger partial charge in [-0.1, -0.05) is 12.1 Å². The summed E-state index contributed by atoms with van der Waals surface area (Å²) in [5.74, 6) is 2.04. The minimum Gasteiger partial charge on any atom is -0.484 e. The lowest BCUT2D eigenvalue weighted by molar-refractivity contribution is -0.153. The molecule has 9 heteroatoms. The number of rotatable bonds is 8. The molecule has 2 rings (SSSR count). The molecule has 0 saturated carbocycles. The topological polar surface area (TPSA) is 79.0 Å². The highest BCUT2D eigenvalue weighted by Crippen LogP contribution is 2.26. The Morgan fingerprint density at radius 2 is 1.83 bits per heavy atom. The van der Waals surface area contributed by atoms with Crippen LogP contribution in [0.25, 0.3) is 0 Å². The van der Waals surface area contributed by atoms with Gasteiger partial charge in [-0.2, -0.15) is 13.2 Å². The molecule has 6 nitrogen and oxygen atoms in total. The number of guanidine groups is 1. The molecule has 1 atom stereocenters. The molecule has 0 fully saturated rings. The van der Waals surface area contributed by atoms with Gasteiger partial charge in [-0.05, 0) is 51.5 Å². The van der Waals surface area contributed by atoms with Crippen molar-refractivity contribution < 1.29 is 27.4 Å². The van der Waals surface area contributed by atoms with E-state index in [1.54, 1.807) is 26.0 Å². The Balaban J connectivity index is 1.97. The Kier molecular flexibility index (Phi) is 7.77. The van der Waals surface area contributed by atoms with Gasteiger partial charge in [-0.3, -0.25) is 0 Å². The molecular weight excluding hydrogens is 399 g/mol. The van der Waals surface area contributed by atoms with E-state index in [9.17, 15) is 18.3 Å². The summed E-state index contributed by atoms with van der Waals surface area (Å²) in [5.41, 5.74) is 0.354. The smallest absolute Gasteiger partial charge is 0.422 e. The predicted molar refractivity (Wildman–Crippen MR) is 109 cm³/mol. The van der Waals surface area contributed by atoms with Crippen LogP contribution < -0.4 is 15.4 Å². The number of ether oxygens (including phenoxy) is 1. The van der Waals surface area contributed by atoms with Gasteiger partial charge in [0.1, 0.15) is 22.9 Å². The average Bonchev–Trinajstić information content (AvgIpc) is 3.01. The highest BCUT2D eigenvalue weighted by atomic mass is 19.4. The number of aliphatic imine (C=N–C) groups is 1. The van der Waals surface area contributed by atoms with Crippen molar-refractivity contribution in [2.45, 2.75) is 46.0 Å². The first-order valence-corrected chi connectivity index (χ1v) is 9.61. The fourth-order valence-electron chi connectivity index (χ4n) is 2.88. The number of hydrogen-bond donors (Lipinski definition) is 3. The Labute approximate surface area is 174 Å². The number of nitrogens with one attached hydrogen (secondary N) is 2. The van der Waals surface area contributed by atoms with E-state index in [-0.39, 0.29) is 12.3 Å². The quantitative estimate of drug-likeness (QED) is 0.441. The first kappa shape index (κ1) is 23.6. The summed E-state index contributed by atoms with van der Waals surface area (Å²) >= 11 is 0. The summed E-state index contributed by atoms with van der Waals surface area (Å²) in [6, 6.07) is 8.08. The lowest BCUT2D eigenvalue weighted by atomic mass is 9.96. The molecule has 0 aliphatic rings. The van der Waals surface area contributed by atoms with Crippen molar-refractivity contribution >= 4 is 5.96 Å². The van der Waals surface area contributed by atoms with Crippen LogP contribution in [0.15, 0.2) is 39.7 Å². The lowest BCUT2D eigenvalue weighted by Gasteiger charge is -2.24. The molecule has 1 heterocycles. The van der Waals surface area contributed by atoms with Crippen molar-refractivity contribution in [3.63, 3.8) is 0 Å². The average molecular weight is 427 g/mol. The Morgan fingerprint density at radius 3 is 2.37 bits per heavy atom. The molecule has 0 spiro atoms. The molecule has 2 aromatic rings. The molecule has 1 unspecified atom stereocenters. The molecule has 1 aromatic carbocycles. The van der Waals surface area contributed by atoms with Gasteiger partial charge in [0.25, 0.3) is 0 Å². The Hall–Kier alpha value is -2.68. The second kappa shape index (κ2) is 9.88. The number of hydrogen-bond acceptors (Lipinski definition) is 4. The van der Waals surface area contributed by atoms with Crippen molar-refractivity contribution in [2.24, 2.45) is 4.99 Å². The normalized spacial score (nSPS) is 14.3. The van der Waals surface area contributed by atoms with Crippen LogP contribution in [0.5, 0.6) is 5.75 Å². The fraction of sp³-hybridized carbons (Fsp3) is 0.476. The van der Waals surface area contributed by atoms with Crippen molar-refractivity contribution in [3.05, 3.63) is 53.0 Å². The van der Waals surface area contributed by atoms with Gasteiger partial charge >= 0.3 is 6.18 Å². The van der Waals surface area contributed by atoms with E-state index >= 15 is 0 Å².